The third-order valence-corrected chi connectivity index (χ3v) is 7.85. The molecule has 7 N–H and O–H groups in total. The molecule has 3 rings (SSSR count). The van der Waals surface area contributed by atoms with E-state index in [0.29, 0.717) is 17.7 Å². The molecule has 5 atom stereocenters. The molecule has 1 fully saturated rings. The van der Waals surface area contributed by atoms with E-state index >= 15 is 0 Å². The van der Waals surface area contributed by atoms with Crippen molar-refractivity contribution in [2.45, 2.75) is 62.8 Å². The van der Waals surface area contributed by atoms with Crippen LogP contribution in [0.4, 0.5) is 0 Å². The Labute approximate surface area is 270 Å². The second kappa shape index (κ2) is 16.7. The number of amides is 5. The number of hydrogen-bond donors (Lipinski definition) is 9. The van der Waals surface area contributed by atoms with Crippen LogP contribution in [0.5, 0.6) is 5.75 Å². The predicted octanol–water partition coefficient (Wildman–Crippen LogP) is -1.21. The molecule has 0 radical (unpaired) electrons. The number of nitrogens with zero attached hydrogens (tertiary/aromatic N) is 2. The number of nitrogens with one attached hydrogen (secondary N) is 5. The number of phenols is 1. The molecule has 1 aromatic carbocycles. The van der Waals surface area contributed by atoms with Crippen LogP contribution >= 0.6 is 25.3 Å². The number of imidazole rings is 1. The van der Waals surface area contributed by atoms with Crippen molar-refractivity contribution < 1.29 is 39.0 Å². The molecule has 1 saturated heterocycles. The molecule has 0 saturated carbocycles. The van der Waals surface area contributed by atoms with Crippen LogP contribution < -0.4 is 21.3 Å². The summed E-state index contributed by atoms with van der Waals surface area (Å²) in [7, 11) is 0. The summed E-state index contributed by atoms with van der Waals surface area (Å²) in [6.45, 7) is 1.44. The maximum absolute atomic E-state index is 13.9. The second-order valence-electron chi connectivity index (χ2n) is 10.5. The van der Waals surface area contributed by atoms with E-state index in [0.717, 1.165) is 0 Å². The lowest BCUT2D eigenvalue weighted by atomic mass is 10.0. The second-order valence-corrected chi connectivity index (χ2v) is 11.2. The molecule has 1 aliphatic rings. The number of H-pyrrole nitrogens is 1. The van der Waals surface area contributed by atoms with Gasteiger partial charge in [0.2, 0.25) is 29.5 Å². The predicted molar refractivity (Wildman–Crippen MR) is 168 cm³/mol. The number of carbonyl (C=O) groups is 6. The highest BCUT2D eigenvalue weighted by molar-refractivity contribution is 7.80. The molecule has 0 bridgehead atoms. The maximum atomic E-state index is 13.9. The Morgan fingerprint density at radius 3 is 2.16 bits per heavy atom. The summed E-state index contributed by atoms with van der Waals surface area (Å²) >= 11 is 8.19. The topological polar surface area (TPSA) is 223 Å². The lowest BCUT2D eigenvalue weighted by Gasteiger charge is -2.30. The molecule has 0 unspecified atom stereocenters. The summed E-state index contributed by atoms with van der Waals surface area (Å²) in [5.41, 5.74) is 1.16. The number of thiol groups is 2. The molecule has 15 nitrogen and oxygen atoms in total. The van der Waals surface area contributed by atoms with Crippen molar-refractivity contribution in [3.8, 4) is 5.75 Å². The number of aromatic amines is 1. The summed E-state index contributed by atoms with van der Waals surface area (Å²) in [5.74, 6) is -4.67. The Hall–Kier alpha value is -4.25. The first-order chi connectivity index (χ1) is 21.4. The zero-order valence-corrected chi connectivity index (χ0v) is 26.2. The Kier molecular flexibility index (Phi) is 13.1. The Morgan fingerprint density at radius 2 is 1.58 bits per heavy atom. The van der Waals surface area contributed by atoms with Crippen molar-refractivity contribution in [2.24, 2.45) is 0 Å². The minimum absolute atomic E-state index is 0.000758. The Balaban J connectivity index is 1.80. The molecular formula is C28H37N7O8S2. The van der Waals surface area contributed by atoms with Gasteiger partial charge in [-0.05, 0) is 30.5 Å². The first kappa shape index (κ1) is 35.2. The van der Waals surface area contributed by atoms with E-state index < -0.39 is 65.7 Å². The summed E-state index contributed by atoms with van der Waals surface area (Å²) in [6, 6.07) is 0.323. The lowest BCUT2D eigenvalue weighted by Crippen LogP contribution is -2.59. The number of carboxylic acids is 1. The maximum Gasteiger partial charge on any atom is 0.327 e. The van der Waals surface area contributed by atoms with Crippen LogP contribution in [0.15, 0.2) is 36.8 Å². The van der Waals surface area contributed by atoms with Gasteiger partial charge in [0, 0.05) is 49.7 Å². The van der Waals surface area contributed by atoms with Crippen LogP contribution in [-0.4, -0.2) is 109 Å². The first-order valence-corrected chi connectivity index (χ1v) is 15.4. The van der Waals surface area contributed by atoms with Gasteiger partial charge in [0.1, 0.15) is 36.0 Å². The van der Waals surface area contributed by atoms with Gasteiger partial charge < -0.3 is 41.4 Å². The fourth-order valence-electron chi connectivity index (χ4n) is 4.83. The number of benzene rings is 1. The summed E-state index contributed by atoms with van der Waals surface area (Å²) in [4.78, 5) is 84.7. The van der Waals surface area contributed by atoms with E-state index in [1.807, 2.05) is 0 Å². The molecule has 2 aromatic rings. The van der Waals surface area contributed by atoms with Crippen LogP contribution in [0.25, 0.3) is 0 Å². The number of aliphatic carboxylic acids is 1. The van der Waals surface area contributed by atoms with Gasteiger partial charge in [-0.15, -0.1) is 0 Å². The highest BCUT2D eigenvalue weighted by Crippen LogP contribution is 2.21. The zero-order valence-electron chi connectivity index (χ0n) is 24.4. The van der Waals surface area contributed by atoms with E-state index in [9.17, 15) is 39.0 Å². The normalized spacial score (nSPS) is 17.0. The van der Waals surface area contributed by atoms with Crippen LogP contribution in [0.3, 0.4) is 0 Å². The molecule has 244 valence electrons. The standard InChI is InChI=1S/C28H37N7O8S2/c1-15(36)31-19(10-17-11-29-14-30-17)24(38)33-21(12-44)25(39)32-20(9-16-4-6-18(37)7-5-16)27(41)35-8-2-3-23(35)26(40)34-22(13-45)28(42)43/h4-7,11,14,19-23,37,44-45H,2-3,8-10,12-13H2,1H3,(H,29,30)(H,31,36)(H,32,39)(H,33,38)(H,34,40)(H,42,43)/t19-,20-,21-,22-,23-/m0/s1. The van der Waals surface area contributed by atoms with E-state index in [1.54, 1.807) is 12.1 Å². The number of carboxylic acid groups (broad SMARTS) is 1. The van der Waals surface area contributed by atoms with Crippen molar-refractivity contribution in [2.75, 3.05) is 18.1 Å². The number of likely N-dealkylation sites (tertiary alicyclic amines) is 1. The van der Waals surface area contributed by atoms with Gasteiger partial charge in [0.05, 0.1) is 6.33 Å². The van der Waals surface area contributed by atoms with E-state index in [1.165, 1.54) is 36.5 Å². The van der Waals surface area contributed by atoms with Crippen LogP contribution in [0.2, 0.25) is 0 Å². The minimum atomic E-state index is -1.27. The summed E-state index contributed by atoms with van der Waals surface area (Å²) < 4.78 is 0. The fraction of sp³-hybridized carbons (Fsp3) is 0.464. The van der Waals surface area contributed by atoms with Gasteiger partial charge in [-0.2, -0.15) is 25.3 Å². The Morgan fingerprint density at radius 1 is 0.933 bits per heavy atom. The van der Waals surface area contributed by atoms with Gasteiger partial charge in [-0.3, -0.25) is 24.0 Å². The van der Waals surface area contributed by atoms with Crippen molar-refractivity contribution >= 4 is 60.8 Å². The number of aromatic nitrogens is 2. The van der Waals surface area contributed by atoms with Crippen molar-refractivity contribution in [3.63, 3.8) is 0 Å². The fourth-order valence-corrected chi connectivity index (χ4v) is 5.34. The van der Waals surface area contributed by atoms with Crippen LogP contribution in [0.1, 0.15) is 31.0 Å². The molecule has 45 heavy (non-hydrogen) atoms. The quantitative estimate of drug-likeness (QED) is 0.104. The average molecular weight is 664 g/mol. The lowest BCUT2D eigenvalue weighted by molar-refractivity contribution is -0.144. The zero-order chi connectivity index (χ0) is 33.1. The van der Waals surface area contributed by atoms with Gasteiger partial charge >= 0.3 is 5.97 Å². The number of rotatable bonds is 15. The monoisotopic (exact) mass is 663 g/mol. The molecule has 17 heteroatoms. The van der Waals surface area contributed by atoms with Gasteiger partial charge in [0.15, 0.2) is 0 Å². The third kappa shape index (κ3) is 10.1. The van der Waals surface area contributed by atoms with Gasteiger partial charge in [0.25, 0.3) is 0 Å². The first-order valence-electron chi connectivity index (χ1n) is 14.1. The number of carbonyl (C=O) groups excluding carboxylic acids is 5. The van der Waals surface area contributed by atoms with E-state index in [-0.39, 0.29) is 43.1 Å². The number of aromatic hydroxyl groups is 1. The van der Waals surface area contributed by atoms with E-state index in [2.05, 4.69) is 56.5 Å². The van der Waals surface area contributed by atoms with Crippen molar-refractivity contribution in [1.82, 2.24) is 36.1 Å². The van der Waals surface area contributed by atoms with Gasteiger partial charge in [-0.25, -0.2) is 9.78 Å². The molecule has 2 heterocycles. The molecular weight excluding hydrogens is 626 g/mol. The van der Waals surface area contributed by atoms with Crippen molar-refractivity contribution in [1.29, 1.82) is 0 Å². The summed E-state index contributed by atoms with van der Waals surface area (Å²) in [5, 5.41) is 29.2. The Bertz CT molecular complexity index is 1360. The summed E-state index contributed by atoms with van der Waals surface area (Å²) in [6.07, 6.45) is 3.72. The molecule has 0 spiro atoms. The average Bonchev–Trinajstić information content (AvgIpc) is 3.70. The van der Waals surface area contributed by atoms with E-state index in [4.69, 9.17) is 0 Å². The number of phenolic OH excluding ortho intramolecular Hbond substituents is 1. The molecule has 0 aliphatic carbocycles. The third-order valence-electron chi connectivity index (χ3n) is 7.11. The highest BCUT2D eigenvalue weighted by Gasteiger charge is 2.39. The molecule has 1 aliphatic heterocycles. The van der Waals surface area contributed by atoms with Crippen molar-refractivity contribution in [3.05, 3.63) is 48.0 Å². The van der Waals surface area contributed by atoms with Gasteiger partial charge in [-0.1, -0.05) is 12.1 Å². The smallest absolute Gasteiger partial charge is 0.327 e. The SMILES string of the molecule is CC(=O)N[C@@H](Cc1cnc[nH]1)C(=O)N[C@@H](CS)C(=O)N[C@@H](Cc1ccc(O)cc1)C(=O)N1CCC[C@H]1C(=O)N[C@@H](CS)C(=O)O. The minimum Gasteiger partial charge on any atom is -0.508 e. The van der Waals surface area contributed by atoms with Crippen LogP contribution in [-0.2, 0) is 41.6 Å². The molecule has 5 amide bonds. The number of hydrogen-bond acceptors (Lipinski definition) is 10. The highest BCUT2D eigenvalue weighted by atomic mass is 32.1. The van der Waals surface area contributed by atoms with Crippen LogP contribution in [0, 0.1) is 0 Å². The largest absolute Gasteiger partial charge is 0.508 e. The molecule has 1 aromatic heterocycles.